The van der Waals surface area contributed by atoms with Crippen LogP contribution in [0, 0.1) is 5.92 Å². The summed E-state index contributed by atoms with van der Waals surface area (Å²) in [4.78, 5) is 24.3. The van der Waals surface area contributed by atoms with Gasteiger partial charge in [-0.1, -0.05) is 18.2 Å². The third-order valence-electron chi connectivity index (χ3n) is 4.88. The number of rotatable bonds is 12. The van der Waals surface area contributed by atoms with Crippen LogP contribution in [0.4, 0.5) is 0 Å². The van der Waals surface area contributed by atoms with Gasteiger partial charge in [-0.25, -0.2) is 4.79 Å². The lowest BCUT2D eigenvalue weighted by molar-refractivity contribution is -0.124. The van der Waals surface area contributed by atoms with E-state index in [9.17, 15) is 9.59 Å². The zero-order valence-corrected chi connectivity index (χ0v) is 18.0. The highest BCUT2D eigenvalue weighted by molar-refractivity contribution is 5.92. The highest BCUT2D eigenvalue weighted by Gasteiger charge is 2.29. The Morgan fingerprint density at radius 2 is 1.74 bits per heavy atom. The Bertz CT molecular complexity index is 866. The third-order valence-corrected chi connectivity index (χ3v) is 4.88. The van der Waals surface area contributed by atoms with Gasteiger partial charge in [0.25, 0.3) is 5.91 Å². The molecule has 1 atom stereocenters. The van der Waals surface area contributed by atoms with E-state index in [2.05, 4.69) is 5.32 Å². The van der Waals surface area contributed by atoms with E-state index in [4.69, 9.17) is 18.9 Å². The zero-order valence-electron chi connectivity index (χ0n) is 18.0. The highest BCUT2D eigenvalue weighted by atomic mass is 16.5. The van der Waals surface area contributed by atoms with E-state index < -0.39 is 5.97 Å². The number of carbonyl (C=O) groups is 2. The number of ether oxygens (including phenoxy) is 4. The van der Waals surface area contributed by atoms with E-state index in [0.717, 1.165) is 18.6 Å². The van der Waals surface area contributed by atoms with Crippen LogP contribution in [0.5, 0.6) is 17.2 Å². The van der Waals surface area contributed by atoms with Crippen LogP contribution in [-0.2, 0) is 9.53 Å². The lowest BCUT2D eigenvalue weighted by Crippen LogP contribution is -2.37. The normalized spacial score (nSPS) is 13.7. The molecule has 1 aliphatic carbocycles. The van der Waals surface area contributed by atoms with Crippen molar-refractivity contribution in [2.45, 2.75) is 32.7 Å². The van der Waals surface area contributed by atoms with Gasteiger partial charge in [-0.3, -0.25) is 4.79 Å². The van der Waals surface area contributed by atoms with Crippen LogP contribution in [-0.4, -0.2) is 44.3 Å². The minimum Gasteiger partial charge on any atom is -0.490 e. The lowest BCUT2D eigenvalue weighted by atomic mass is 10.2. The molecule has 2 aromatic rings. The molecule has 3 rings (SSSR count). The summed E-state index contributed by atoms with van der Waals surface area (Å²) in [6, 6.07) is 14.4. The van der Waals surface area contributed by atoms with Gasteiger partial charge in [0.1, 0.15) is 19.0 Å². The van der Waals surface area contributed by atoms with Crippen LogP contribution in [0.3, 0.4) is 0 Å². The molecule has 0 aliphatic heterocycles. The predicted molar refractivity (Wildman–Crippen MR) is 116 cm³/mol. The number of benzene rings is 2. The minimum absolute atomic E-state index is 0.109. The Hall–Kier alpha value is -3.22. The van der Waals surface area contributed by atoms with Crippen molar-refractivity contribution in [3.8, 4) is 17.2 Å². The fourth-order valence-corrected chi connectivity index (χ4v) is 3.07. The summed E-state index contributed by atoms with van der Waals surface area (Å²) in [5, 5.41) is 2.86. The number of hydrogen-bond donors (Lipinski definition) is 1. The fraction of sp³-hybridized carbons (Fsp3) is 0.417. The van der Waals surface area contributed by atoms with Gasteiger partial charge in [0.05, 0.1) is 12.2 Å². The third kappa shape index (κ3) is 7.20. The molecule has 0 heterocycles. The molecule has 1 amide bonds. The average molecular weight is 427 g/mol. The molecule has 0 spiro atoms. The summed E-state index contributed by atoms with van der Waals surface area (Å²) >= 11 is 0. The maximum absolute atomic E-state index is 12.3. The van der Waals surface area contributed by atoms with E-state index in [1.54, 1.807) is 18.2 Å². The standard InChI is InChI=1S/C24H29NO6/c1-3-28-22-15-19(24(27)31-16-23(26)25-17(2)18-9-10-18)11-12-21(22)30-14-13-29-20-7-5-4-6-8-20/h4-8,11-12,15,17-18H,3,9-10,13-14,16H2,1-2H3,(H,25,26). The van der Waals surface area contributed by atoms with E-state index in [1.807, 2.05) is 44.2 Å². The van der Waals surface area contributed by atoms with Gasteiger partial charge in [-0.2, -0.15) is 0 Å². The molecule has 1 saturated carbocycles. The van der Waals surface area contributed by atoms with Gasteiger partial charge in [0.15, 0.2) is 18.1 Å². The van der Waals surface area contributed by atoms with E-state index in [0.29, 0.717) is 42.8 Å². The number of nitrogens with one attached hydrogen (secondary N) is 1. The van der Waals surface area contributed by atoms with Crippen molar-refractivity contribution in [2.24, 2.45) is 5.92 Å². The van der Waals surface area contributed by atoms with Crippen LogP contribution < -0.4 is 19.5 Å². The molecule has 1 fully saturated rings. The first-order chi connectivity index (χ1) is 15.1. The molecule has 1 unspecified atom stereocenters. The Kier molecular flexibility index (Phi) is 8.15. The van der Waals surface area contributed by atoms with Crippen molar-refractivity contribution in [2.75, 3.05) is 26.4 Å². The molecule has 0 aromatic heterocycles. The van der Waals surface area contributed by atoms with Crippen molar-refractivity contribution in [1.29, 1.82) is 0 Å². The Morgan fingerprint density at radius 1 is 1.00 bits per heavy atom. The highest BCUT2D eigenvalue weighted by Crippen LogP contribution is 2.32. The van der Waals surface area contributed by atoms with Crippen LogP contribution >= 0.6 is 0 Å². The van der Waals surface area contributed by atoms with Gasteiger partial charge >= 0.3 is 5.97 Å². The summed E-state index contributed by atoms with van der Waals surface area (Å²) in [5.41, 5.74) is 0.291. The molecular formula is C24H29NO6. The van der Waals surface area contributed by atoms with Crippen molar-refractivity contribution < 1.29 is 28.5 Å². The summed E-state index contributed by atoms with van der Waals surface area (Å²) in [6.07, 6.45) is 2.27. The number of carbonyl (C=O) groups excluding carboxylic acids is 2. The van der Waals surface area contributed by atoms with Crippen molar-refractivity contribution in [3.63, 3.8) is 0 Å². The number of amides is 1. The first kappa shape index (κ1) is 22.5. The monoisotopic (exact) mass is 427 g/mol. The predicted octanol–water partition coefficient (Wildman–Crippen LogP) is 3.61. The molecule has 2 aromatic carbocycles. The maximum Gasteiger partial charge on any atom is 0.338 e. The molecule has 0 saturated heterocycles. The second-order valence-electron chi connectivity index (χ2n) is 7.37. The van der Waals surface area contributed by atoms with Gasteiger partial charge in [-0.15, -0.1) is 0 Å². The summed E-state index contributed by atoms with van der Waals surface area (Å²) in [5.74, 6) is 1.36. The molecule has 166 valence electrons. The van der Waals surface area contributed by atoms with Gasteiger partial charge in [-0.05, 0) is 62.9 Å². The topological polar surface area (TPSA) is 83.1 Å². The summed E-state index contributed by atoms with van der Waals surface area (Å²) < 4.78 is 22.1. The molecule has 0 radical (unpaired) electrons. The SMILES string of the molecule is CCOc1cc(C(=O)OCC(=O)NC(C)C2CC2)ccc1OCCOc1ccccc1. The number of hydrogen-bond acceptors (Lipinski definition) is 6. The Balaban J connectivity index is 1.49. The van der Waals surface area contributed by atoms with Crippen molar-refractivity contribution in [3.05, 3.63) is 54.1 Å². The molecule has 0 bridgehead atoms. The van der Waals surface area contributed by atoms with Crippen LogP contribution in [0.25, 0.3) is 0 Å². The van der Waals surface area contributed by atoms with Crippen LogP contribution in [0.15, 0.2) is 48.5 Å². The smallest absolute Gasteiger partial charge is 0.338 e. The second kappa shape index (κ2) is 11.2. The molecule has 1 aliphatic rings. The van der Waals surface area contributed by atoms with Crippen LogP contribution in [0.1, 0.15) is 37.0 Å². The van der Waals surface area contributed by atoms with Gasteiger partial charge in [0.2, 0.25) is 0 Å². The molecule has 31 heavy (non-hydrogen) atoms. The van der Waals surface area contributed by atoms with E-state index in [-0.39, 0.29) is 18.6 Å². The summed E-state index contributed by atoms with van der Waals surface area (Å²) in [7, 11) is 0. The Morgan fingerprint density at radius 3 is 2.45 bits per heavy atom. The first-order valence-electron chi connectivity index (χ1n) is 10.6. The molecular weight excluding hydrogens is 398 g/mol. The number of para-hydroxylation sites is 1. The Labute approximate surface area is 182 Å². The zero-order chi connectivity index (χ0) is 22.1. The van der Waals surface area contributed by atoms with E-state index >= 15 is 0 Å². The first-order valence-corrected chi connectivity index (χ1v) is 10.6. The van der Waals surface area contributed by atoms with Crippen molar-refractivity contribution >= 4 is 11.9 Å². The van der Waals surface area contributed by atoms with Crippen molar-refractivity contribution in [1.82, 2.24) is 5.32 Å². The lowest BCUT2D eigenvalue weighted by Gasteiger charge is -2.14. The van der Waals surface area contributed by atoms with Crippen LogP contribution in [0.2, 0.25) is 0 Å². The molecule has 7 nitrogen and oxygen atoms in total. The number of esters is 1. The molecule has 7 heteroatoms. The van der Waals surface area contributed by atoms with Gasteiger partial charge in [0, 0.05) is 6.04 Å². The quantitative estimate of drug-likeness (QED) is 0.412. The summed E-state index contributed by atoms with van der Waals surface area (Å²) in [6.45, 7) is 4.60. The second-order valence-corrected chi connectivity index (χ2v) is 7.37. The van der Waals surface area contributed by atoms with Gasteiger partial charge < -0.3 is 24.3 Å². The van der Waals surface area contributed by atoms with E-state index in [1.165, 1.54) is 0 Å². The minimum atomic E-state index is -0.589. The average Bonchev–Trinajstić information content (AvgIpc) is 3.62. The maximum atomic E-state index is 12.3. The fourth-order valence-electron chi connectivity index (χ4n) is 3.07. The largest absolute Gasteiger partial charge is 0.490 e. The molecule has 1 N–H and O–H groups in total.